The zero-order valence-electron chi connectivity index (χ0n) is 14.1. The lowest BCUT2D eigenvalue weighted by atomic mass is 10.2. The summed E-state index contributed by atoms with van der Waals surface area (Å²) in [6.07, 6.45) is 1.17. The quantitative estimate of drug-likeness (QED) is 0.695. The SMILES string of the molecule is COc1ccc(C(=O)NCCN(CCN(C)C)S(C)(=O)=O)cc1. The molecule has 0 aromatic heterocycles. The van der Waals surface area contributed by atoms with Crippen molar-refractivity contribution >= 4 is 15.9 Å². The van der Waals surface area contributed by atoms with E-state index < -0.39 is 10.0 Å². The number of carbonyl (C=O) groups is 1. The van der Waals surface area contributed by atoms with Crippen molar-refractivity contribution in [3.05, 3.63) is 29.8 Å². The van der Waals surface area contributed by atoms with E-state index in [0.717, 1.165) is 0 Å². The Morgan fingerprint density at radius 2 is 1.74 bits per heavy atom. The van der Waals surface area contributed by atoms with Gasteiger partial charge < -0.3 is 15.0 Å². The zero-order valence-corrected chi connectivity index (χ0v) is 14.9. The van der Waals surface area contributed by atoms with Crippen molar-refractivity contribution in [3.8, 4) is 5.75 Å². The molecule has 0 aliphatic rings. The molecule has 7 nitrogen and oxygen atoms in total. The lowest BCUT2D eigenvalue weighted by molar-refractivity contribution is 0.0951. The molecule has 0 aliphatic carbocycles. The first-order valence-electron chi connectivity index (χ1n) is 7.26. The molecule has 0 saturated carbocycles. The van der Waals surface area contributed by atoms with Crippen LogP contribution < -0.4 is 10.1 Å². The Kier molecular flexibility index (Phi) is 7.47. The van der Waals surface area contributed by atoms with Crippen LogP contribution in [0.4, 0.5) is 0 Å². The van der Waals surface area contributed by atoms with Crippen LogP contribution in [0.3, 0.4) is 0 Å². The number of methoxy groups -OCH3 is 1. The summed E-state index contributed by atoms with van der Waals surface area (Å²) in [4.78, 5) is 13.9. The molecule has 1 N–H and O–H groups in total. The largest absolute Gasteiger partial charge is 0.497 e. The van der Waals surface area contributed by atoms with E-state index in [4.69, 9.17) is 4.74 Å². The first-order chi connectivity index (χ1) is 10.7. The fraction of sp³-hybridized carbons (Fsp3) is 0.533. The molecule has 1 aromatic rings. The van der Waals surface area contributed by atoms with Gasteiger partial charge in [-0.2, -0.15) is 4.31 Å². The number of nitrogens with zero attached hydrogens (tertiary/aromatic N) is 2. The molecule has 23 heavy (non-hydrogen) atoms. The molecular weight excluding hydrogens is 318 g/mol. The monoisotopic (exact) mass is 343 g/mol. The lowest BCUT2D eigenvalue weighted by Crippen LogP contribution is -2.41. The second-order valence-corrected chi connectivity index (χ2v) is 7.43. The fourth-order valence-corrected chi connectivity index (χ4v) is 2.73. The van der Waals surface area contributed by atoms with Crippen molar-refractivity contribution < 1.29 is 17.9 Å². The number of sulfonamides is 1. The van der Waals surface area contributed by atoms with Gasteiger partial charge in [0, 0.05) is 31.7 Å². The number of ether oxygens (including phenoxy) is 1. The maximum atomic E-state index is 12.0. The third kappa shape index (κ3) is 6.98. The highest BCUT2D eigenvalue weighted by molar-refractivity contribution is 7.88. The van der Waals surface area contributed by atoms with Crippen LogP contribution in [-0.4, -0.2) is 77.2 Å². The Morgan fingerprint density at radius 3 is 2.22 bits per heavy atom. The Balaban J connectivity index is 2.52. The average molecular weight is 343 g/mol. The van der Waals surface area contributed by atoms with Crippen LogP contribution in [0.2, 0.25) is 0 Å². The van der Waals surface area contributed by atoms with E-state index >= 15 is 0 Å². The Bertz CT molecular complexity index is 600. The molecule has 0 fully saturated rings. The molecule has 130 valence electrons. The number of hydrogen-bond donors (Lipinski definition) is 1. The van der Waals surface area contributed by atoms with Crippen LogP contribution in [-0.2, 0) is 10.0 Å². The third-order valence-electron chi connectivity index (χ3n) is 3.26. The first kappa shape index (κ1) is 19.4. The topological polar surface area (TPSA) is 79.0 Å². The molecule has 1 rings (SSSR count). The summed E-state index contributed by atoms with van der Waals surface area (Å²) in [5, 5.41) is 2.73. The van der Waals surface area contributed by atoms with Gasteiger partial charge in [0.25, 0.3) is 5.91 Å². The summed E-state index contributed by atoms with van der Waals surface area (Å²) in [7, 11) is 2.03. The summed E-state index contributed by atoms with van der Waals surface area (Å²) in [6, 6.07) is 6.73. The average Bonchev–Trinajstić information content (AvgIpc) is 2.49. The molecule has 0 unspecified atom stereocenters. The number of nitrogens with one attached hydrogen (secondary N) is 1. The van der Waals surface area contributed by atoms with Crippen LogP contribution >= 0.6 is 0 Å². The van der Waals surface area contributed by atoms with E-state index in [-0.39, 0.29) is 19.0 Å². The van der Waals surface area contributed by atoms with Gasteiger partial charge >= 0.3 is 0 Å². The van der Waals surface area contributed by atoms with Gasteiger partial charge in [-0.15, -0.1) is 0 Å². The van der Waals surface area contributed by atoms with Crippen molar-refractivity contribution in [1.29, 1.82) is 0 Å². The second-order valence-electron chi connectivity index (χ2n) is 5.45. The number of amides is 1. The van der Waals surface area contributed by atoms with Crippen molar-refractivity contribution in [3.63, 3.8) is 0 Å². The van der Waals surface area contributed by atoms with Crippen LogP contribution in [0.25, 0.3) is 0 Å². The minimum atomic E-state index is -3.29. The van der Waals surface area contributed by atoms with E-state index in [1.165, 1.54) is 10.6 Å². The van der Waals surface area contributed by atoms with Gasteiger partial charge in [-0.25, -0.2) is 8.42 Å². The summed E-state index contributed by atoms with van der Waals surface area (Å²) >= 11 is 0. The normalized spacial score (nSPS) is 11.7. The van der Waals surface area contributed by atoms with Crippen molar-refractivity contribution in [1.82, 2.24) is 14.5 Å². The molecule has 0 spiro atoms. The Labute approximate surface area is 138 Å². The van der Waals surface area contributed by atoms with Gasteiger partial charge in [-0.05, 0) is 38.4 Å². The van der Waals surface area contributed by atoms with Gasteiger partial charge in [0.1, 0.15) is 5.75 Å². The van der Waals surface area contributed by atoms with Crippen LogP contribution in [0.1, 0.15) is 10.4 Å². The van der Waals surface area contributed by atoms with Gasteiger partial charge in [0.15, 0.2) is 0 Å². The summed E-state index contributed by atoms with van der Waals surface area (Å²) < 4.78 is 29.9. The van der Waals surface area contributed by atoms with E-state index in [1.54, 1.807) is 31.4 Å². The molecule has 1 amide bonds. The van der Waals surface area contributed by atoms with E-state index in [9.17, 15) is 13.2 Å². The van der Waals surface area contributed by atoms with Gasteiger partial charge in [0.05, 0.1) is 13.4 Å². The maximum Gasteiger partial charge on any atom is 0.251 e. The van der Waals surface area contributed by atoms with Gasteiger partial charge in [-0.1, -0.05) is 0 Å². The lowest BCUT2D eigenvalue weighted by Gasteiger charge is -2.22. The minimum Gasteiger partial charge on any atom is -0.497 e. The van der Waals surface area contributed by atoms with E-state index in [2.05, 4.69) is 5.32 Å². The van der Waals surface area contributed by atoms with Gasteiger partial charge in [0.2, 0.25) is 10.0 Å². The van der Waals surface area contributed by atoms with Crippen molar-refractivity contribution in [2.24, 2.45) is 0 Å². The van der Waals surface area contributed by atoms with E-state index in [1.807, 2.05) is 19.0 Å². The smallest absolute Gasteiger partial charge is 0.251 e. The second kappa shape index (κ2) is 8.85. The molecule has 8 heteroatoms. The standard InChI is InChI=1S/C15H25N3O4S/c1-17(2)11-12-18(23(4,20)21)10-9-16-15(19)13-5-7-14(22-3)8-6-13/h5-8H,9-12H2,1-4H3,(H,16,19). The van der Waals surface area contributed by atoms with Crippen molar-refractivity contribution in [2.45, 2.75) is 0 Å². The predicted octanol–water partition coefficient (Wildman–Crippen LogP) is 0.248. The number of rotatable bonds is 9. The first-order valence-corrected chi connectivity index (χ1v) is 9.11. The highest BCUT2D eigenvalue weighted by Crippen LogP contribution is 2.11. The number of carbonyl (C=O) groups excluding carboxylic acids is 1. The Hall–Kier alpha value is -1.64. The molecular formula is C15H25N3O4S. The summed E-state index contributed by atoms with van der Waals surface area (Å²) in [6.45, 7) is 1.52. The zero-order chi connectivity index (χ0) is 17.5. The fourth-order valence-electron chi connectivity index (χ4n) is 1.89. The van der Waals surface area contributed by atoms with E-state index in [0.29, 0.717) is 24.4 Å². The van der Waals surface area contributed by atoms with Crippen LogP contribution in [0, 0.1) is 0 Å². The molecule has 0 bridgehead atoms. The number of hydrogen-bond acceptors (Lipinski definition) is 5. The third-order valence-corrected chi connectivity index (χ3v) is 4.57. The number of benzene rings is 1. The number of likely N-dealkylation sites (N-methyl/N-ethyl adjacent to an activating group) is 1. The molecule has 0 heterocycles. The summed E-state index contributed by atoms with van der Waals surface area (Å²) in [5.74, 6) is 0.433. The molecule has 0 saturated heterocycles. The van der Waals surface area contributed by atoms with Crippen molar-refractivity contribution in [2.75, 3.05) is 53.6 Å². The summed E-state index contributed by atoms with van der Waals surface area (Å²) in [5.41, 5.74) is 0.505. The predicted molar refractivity (Wildman–Crippen MR) is 90.3 cm³/mol. The highest BCUT2D eigenvalue weighted by Gasteiger charge is 2.16. The minimum absolute atomic E-state index is 0.242. The molecule has 1 aromatic carbocycles. The van der Waals surface area contributed by atoms with Crippen LogP contribution in [0.5, 0.6) is 5.75 Å². The highest BCUT2D eigenvalue weighted by atomic mass is 32.2. The molecule has 0 atom stereocenters. The van der Waals surface area contributed by atoms with Crippen LogP contribution in [0.15, 0.2) is 24.3 Å². The molecule has 0 radical (unpaired) electrons. The van der Waals surface area contributed by atoms with Gasteiger partial charge in [-0.3, -0.25) is 4.79 Å². The molecule has 0 aliphatic heterocycles. The Morgan fingerprint density at radius 1 is 1.13 bits per heavy atom. The maximum absolute atomic E-state index is 12.0.